The molecule has 2 aromatic rings. The highest BCUT2D eigenvalue weighted by Crippen LogP contribution is 2.33. The van der Waals surface area contributed by atoms with Crippen molar-refractivity contribution in [3.63, 3.8) is 0 Å². The number of benzene rings is 1. The van der Waals surface area contributed by atoms with Crippen LogP contribution in [0.4, 0.5) is 0 Å². The number of ether oxygens (including phenoxy) is 1. The number of aryl methyl sites for hydroxylation is 2. The Morgan fingerprint density at radius 2 is 2.07 bits per heavy atom. The molecule has 0 saturated carbocycles. The van der Waals surface area contributed by atoms with Crippen molar-refractivity contribution >= 4 is 17.0 Å². The Balaban J connectivity index is 1.99. The first kappa shape index (κ1) is 18.5. The van der Waals surface area contributed by atoms with Crippen molar-refractivity contribution in [3.05, 3.63) is 75.6 Å². The SMILES string of the molecule is [C-]#[N+]C(C#N)=C1C=C(C=Cc2ccc3c(c2)c(C)c(C)n3C)OC(C)(C)C1. The van der Waals surface area contributed by atoms with E-state index in [4.69, 9.17) is 11.3 Å². The Morgan fingerprint density at radius 1 is 1.33 bits per heavy atom. The van der Waals surface area contributed by atoms with Crippen molar-refractivity contribution in [1.82, 2.24) is 4.57 Å². The summed E-state index contributed by atoms with van der Waals surface area (Å²) in [5.74, 6) is 0.665. The number of aromatic nitrogens is 1. The summed E-state index contributed by atoms with van der Waals surface area (Å²) in [4.78, 5) is 3.34. The highest BCUT2D eigenvalue weighted by Gasteiger charge is 2.27. The molecule has 0 unspecified atom stereocenters. The van der Waals surface area contributed by atoms with Crippen molar-refractivity contribution in [2.75, 3.05) is 0 Å². The fourth-order valence-electron chi connectivity index (χ4n) is 3.52. The Kier molecular flexibility index (Phi) is 4.68. The molecule has 3 rings (SSSR count). The van der Waals surface area contributed by atoms with Crippen molar-refractivity contribution in [3.8, 4) is 6.07 Å². The number of nitrogens with zero attached hydrogens (tertiary/aromatic N) is 3. The minimum Gasteiger partial charge on any atom is -0.488 e. The summed E-state index contributed by atoms with van der Waals surface area (Å²) in [6.45, 7) is 15.4. The van der Waals surface area contributed by atoms with Gasteiger partial charge in [0.05, 0.1) is 12.6 Å². The highest BCUT2D eigenvalue weighted by atomic mass is 16.5. The summed E-state index contributed by atoms with van der Waals surface area (Å²) in [5.41, 5.74) is 5.27. The molecule has 1 aromatic carbocycles. The van der Waals surface area contributed by atoms with Crippen LogP contribution in [0, 0.1) is 31.8 Å². The summed E-state index contributed by atoms with van der Waals surface area (Å²) in [6, 6.07) is 8.38. The fourth-order valence-corrected chi connectivity index (χ4v) is 3.52. The summed E-state index contributed by atoms with van der Waals surface area (Å²) in [7, 11) is 2.08. The lowest BCUT2D eigenvalue weighted by molar-refractivity contribution is 0.0356. The zero-order valence-electron chi connectivity index (χ0n) is 16.4. The van der Waals surface area contributed by atoms with Crippen molar-refractivity contribution < 1.29 is 4.74 Å². The van der Waals surface area contributed by atoms with Gasteiger partial charge in [-0.05, 0) is 68.7 Å². The lowest BCUT2D eigenvalue weighted by Crippen LogP contribution is -2.27. The second-order valence-corrected chi connectivity index (χ2v) is 7.56. The van der Waals surface area contributed by atoms with Gasteiger partial charge in [-0.15, -0.1) is 0 Å². The maximum atomic E-state index is 9.18. The number of nitriles is 1. The number of hydrogen-bond donors (Lipinski definition) is 0. The molecular formula is C23H23N3O. The van der Waals surface area contributed by atoms with Crippen molar-refractivity contribution in [2.45, 2.75) is 39.7 Å². The van der Waals surface area contributed by atoms with E-state index in [0.29, 0.717) is 12.2 Å². The molecule has 1 aromatic heterocycles. The molecule has 1 aliphatic heterocycles. The molecule has 27 heavy (non-hydrogen) atoms. The fraction of sp³-hybridized carbons (Fsp3) is 0.304. The van der Waals surface area contributed by atoms with Gasteiger partial charge in [0.25, 0.3) is 5.70 Å². The van der Waals surface area contributed by atoms with Crippen LogP contribution >= 0.6 is 0 Å². The number of rotatable bonds is 2. The van der Waals surface area contributed by atoms with Gasteiger partial charge in [-0.1, -0.05) is 12.1 Å². The third kappa shape index (κ3) is 3.52. The summed E-state index contributed by atoms with van der Waals surface area (Å²) >= 11 is 0. The van der Waals surface area contributed by atoms with Gasteiger partial charge in [0, 0.05) is 30.1 Å². The maximum Gasteiger partial charge on any atom is 0.265 e. The molecule has 0 bridgehead atoms. The molecule has 4 heteroatoms. The molecule has 0 spiro atoms. The topological polar surface area (TPSA) is 42.3 Å². The van der Waals surface area contributed by atoms with Crippen LogP contribution in [-0.4, -0.2) is 10.2 Å². The Bertz CT molecular complexity index is 1080. The maximum absolute atomic E-state index is 9.18. The van der Waals surface area contributed by atoms with Gasteiger partial charge in [-0.2, -0.15) is 0 Å². The number of hydrogen-bond acceptors (Lipinski definition) is 2. The Labute approximate surface area is 160 Å². The predicted octanol–water partition coefficient (Wildman–Crippen LogP) is 5.59. The molecule has 1 aliphatic rings. The molecule has 0 amide bonds. The Morgan fingerprint density at radius 3 is 2.74 bits per heavy atom. The van der Waals surface area contributed by atoms with Gasteiger partial charge in [0.15, 0.2) is 0 Å². The second-order valence-electron chi connectivity index (χ2n) is 7.56. The van der Waals surface area contributed by atoms with Gasteiger partial charge in [0.2, 0.25) is 0 Å². The first-order valence-corrected chi connectivity index (χ1v) is 8.91. The third-order valence-corrected chi connectivity index (χ3v) is 5.12. The highest BCUT2D eigenvalue weighted by molar-refractivity contribution is 5.87. The van der Waals surface area contributed by atoms with Crippen LogP contribution in [0.15, 0.2) is 47.4 Å². The molecule has 2 heterocycles. The predicted molar refractivity (Wildman–Crippen MR) is 109 cm³/mol. The van der Waals surface area contributed by atoms with Gasteiger partial charge in [0.1, 0.15) is 11.4 Å². The molecule has 0 fully saturated rings. The van der Waals surface area contributed by atoms with E-state index in [9.17, 15) is 5.26 Å². The van der Waals surface area contributed by atoms with Crippen LogP contribution in [0.1, 0.15) is 37.1 Å². The molecule has 0 N–H and O–H groups in total. The summed E-state index contributed by atoms with van der Waals surface area (Å²) < 4.78 is 8.23. The quantitative estimate of drug-likeness (QED) is 0.519. The van der Waals surface area contributed by atoms with E-state index in [0.717, 1.165) is 11.1 Å². The smallest absolute Gasteiger partial charge is 0.265 e. The van der Waals surface area contributed by atoms with E-state index in [1.165, 1.54) is 22.2 Å². The lowest BCUT2D eigenvalue weighted by Gasteiger charge is -2.32. The van der Waals surface area contributed by atoms with Crippen molar-refractivity contribution in [2.24, 2.45) is 7.05 Å². The minimum absolute atomic E-state index is 0.133. The van der Waals surface area contributed by atoms with E-state index in [2.05, 4.69) is 48.5 Å². The standard InChI is InChI=1S/C23H23N3O/c1-15-16(2)26(6)22-10-8-17(11-20(15)22)7-9-19-12-18(21(14-24)25-5)13-23(3,4)27-19/h7-12H,13H2,1-4,6H3. The molecule has 136 valence electrons. The zero-order valence-corrected chi connectivity index (χ0v) is 16.4. The van der Waals surface area contributed by atoms with Crippen LogP contribution < -0.4 is 0 Å². The second kappa shape index (κ2) is 6.82. The van der Waals surface area contributed by atoms with Crippen LogP contribution in [0.5, 0.6) is 0 Å². The van der Waals surface area contributed by atoms with Gasteiger partial charge >= 0.3 is 0 Å². The largest absolute Gasteiger partial charge is 0.488 e. The van der Waals surface area contributed by atoms with E-state index in [1.807, 2.05) is 32.1 Å². The van der Waals surface area contributed by atoms with Crippen LogP contribution in [0.3, 0.4) is 0 Å². The van der Waals surface area contributed by atoms with Gasteiger partial charge in [-0.3, -0.25) is 0 Å². The summed E-state index contributed by atoms with van der Waals surface area (Å²) in [5, 5.41) is 10.4. The number of fused-ring (bicyclic) bond motifs is 1. The average Bonchev–Trinajstić information content (AvgIpc) is 2.84. The molecule has 0 aliphatic carbocycles. The van der Waals surface area contributed by atoms with Crippen LogP contribution in [-0.2, 0) is 11.8 Å². The first-order chi connectivity index (χ1) is 12.8. The molecule has 4 nitrogen and oxygen atoms in total. The molecule has 0 atom stereocenters. The van der Waals surface area contributed by atoms with Gasteiger partial charge in [-0.25, -0.2) is 10.1 Å². The van der Waals surface area contributed by atoms with Crippen molar-refractivity contribution in [1.29, 1.82) is 5.26 Å². The van der Waals surface area contributed by atoms with Gasteiger partial charge < -0.3 is 9.30 Å². The van der Waals surface area contributed by atoms with E-state index < -0.39 is 5.60 Å². The molecule has 0 saturated heterocycles. The van der Waals surface area contributed by atoms with E-state index in [1.54, 1.807) is 6.08 Å². The van der Waals surface area contributed by atoms with E-state index >= 15 is 0 Å². The monoisotopic (exact) mass is 357 g/mol. The van der Waals surface area contributed by atoms with E-state index in [-0.39, 0.29) is 5.70 Å². The summed E-state index contributed by atoms with van der Waals surface area (Å²) in [6.07, 6.45) is 6.26. The zero-order chi connectivity index (χ0) is 19.8. The van der Waals surface area contributed by atoms with Crippen LogP contribution in [0.25, 0.3) is 21.8 Å². The normalized spacial score (nSPS) is 18.0. The number of allylic oxidation sites excluding steroid dienone is 3. The minimum atomic E-state index is -0.451. The molecular weight excluding hydrogens is 334 g/mol. The lowest BCUT2D eigenvalue weighted by atomic mass is 9.93. The molecule has 0 radical (unpaired) electrons. The Hall–Kier alpha value is -3.24. The van der Waals surface area contributed by atoms with Crippen LogP contribution in [0.2, 0.25) is 0 Å². The third-order valence-electron chi connectivity index (χ3n) is 5.12. The average molecular weight is 357 g/mol. The first-order valence-electron chi connectivity index (χ1n) is 8.91.